The quantitative estimate of drug-likeness (QED) is 0.917. The van der Waals surface area contributed by atoms with E-state index in [1.165, 1.54) is 5.56 Å². The molecule has 1 amide bonds. The van der Waals surface area contributed by atoms with Gasteiger partial charge in [0.25, 0.3) is 5.91 Å². The fourth-order valence-corrected chi connectivity index (χ4v) is 1.89. The van der Waals surface area contributed by atoms with Crippen molar-refractivity contribution in [3.05, 3.63) is 65.2 Å². The first-order valence-corrected chi connectivity index (χ1v) is 6.59. The van der Waals surface area contributed by atoms with Gasteiger partial charge in [-0.05, 0) is 41.8 Å². The molecule has 0 radical (unpaired) electrons. The number of benzene rings is 2. The Labute approximate surface area is 118 Å². The second-order valence-corrected chi connectivity index (χ2v) is 4.54. The van der Waals surface area contributed by atoms with Gasteiger partial charge < -0.3 is 5.32 Å². The van der Waals surface area contributed by atoms with Crippen molar-refractivity contribution < 1.29 is 4.79 Å². The fourth-order valence-electron chi connectivity index (χ4n) is 1.89. The van der Waals surface area contributed by atoms with Gasteiger partial charge in [-0.2, -0.15) is 5.26 Å². The molecule has 0 aliphatic rings. The number of hydrogen-bond acceptors (Lipinski definition) is 2. The summed E-state index contributed by atoms with van der Waals surface area (Å²) in [7, 11) is 0. The van der Waals surface area contributed by atoms with Crippen LogP contribution in [-0.4, -0.2) is 5.91 Å². The Morgan fingerprint density at radius 1 is 1.05 bits per heavy atom. The van der Waals surface area contributed by atoms with Crippen LogP contribution in [0, 0.1) is 11.3 Å². The largest absolute Gasteiger partial charge is 0.322 e. The molecule has 0 aliphatic carbocycles. The molecule has 0 saturated heterocycles. The molecule has 0 bridgehead atoms. The lowest BCUT2D eigenvalue weighted by atomic mass is 10.1. The normalized spacial score (nSPS) is 9.80. The van der Waals surface area contributed by atoms with Gasteiger partial charge in [0, 0.05) is 11.3 Å². The molecule has 2 aromatic rings. The van der Waals surface area contributed by atoms with Gasteiger partial charge in [-0.15, -0.1) is 0 Å². The SMILES string of the molecule is CCc1ccc(C(=O)Nc2ccc(CC#N)cc2)cc1. The monoisotopic (exact) mass is 264 g/mol. The van der Waals surface area contributed by atoms with E-state index >= 15 is 0 Å². The smallest absolute Gasteiger partial charge is 0.255 e. The highest BCUT2D eigenvalue weighted by Crippen LogP contribution is 2.12. The lowest BCUT2D eigenvalue weighted by Crippen LogP contribution is -2.11. The van der Waals surface area contributed by atoms with Gasteiger partial charge in [-0.1, -0.05) is 31.2 Å². The van der Waals surface area contributed by atoms with Crippen LogP contribution in [0.3, 0.4) is 0 Å². The molecule has 0 unspecified atom stereocenters. The first kappa shape index (κ1) is 13.8. The third-order valence-corrected chi connectivity index (χ3v) is 3.12. The second kappa shape index (κ2) is 6.53. The van der Waals surface area contributed by atoms with Gasteiger partial charge in [-0.3, -0.25) is 4.79 Å². The van der Waals surface area contributed by atoms with Crippen molar-refractivity contribution >= 4 is 11.6 Å². The van der Waals surface area contributed by atoms with Crippen molar-refractivity contribution in [3.63, 3.8) is 0 Å². The Hall–Kier alpha value is -2.60. The van der Waals surface area contributed by atoms with E-state index in [9.17, 15) is 4.79 Å². The summed E-state index contributed by atoms with van der Waals surface area (Å²) in [6, 6.07) is 17.0. The summed E-state index contributed by atoms with van der Waals surface area (Å²) in [6.45, 7) is 2.08. The molecule has 0 atom stereocenters. The van der Waals surface area contributed by atoms with Crippen LogP contribution in [0.1, 0.15) is 28.4 Å². The Bertz CT molecular complexity index is 622. The third kappa shape index (κ3) is 3.46. The summed E-state index contributed by atoms with van der Waals surface area (Å²) >= 11 is 0. The van der Waals surface area contributed by atoms with E-state index in [0.717, 1.165) is 17.7 Å². The van der Waals surface area contributed by atoms with Crippen molar-refractivity contribution in [1.82, 2.24) is 0 Å². The van der Waals surface area contributed by atoms with Crippen LogP contribution in [0.5, 0.6) is 0 Å². The number of nitrogens with zero attached hydrogens (tertiary/aromatic N) is 1. The van der Waals surface area contributed by atoms with Crippen LogP contribution in [0.2, 0.25) is 0 Å². The summed E-state index contributed by atoms with van der Waals surface area (Å²) in [5, 5.41) is 11.4. The Morgan fingerprint density at radius 2 is 1.65 bits per heavy atom. The van der Waals surface area contributed by atoms with E-state index in [1.54, 1.807) is 0 Å². The van der Waals surface area contributed by atoms with Crippen molar-refractivity contribution in [2.45, 2.75) is 19.8 Å². The zero-order valence-corrected chi connectivity index (χ0v) is 11.4. The van der Waals surface area contributed by atoms with E-state index in [-0.39, 0.29) is 5.91 Å². The number of hydrogen-bond donors (Lipinski definition) is 1. The van der Waals surface area contributed by atoms with Crippen molar-refractivity contribution in [2.75, 3.05) is 5.32 Å². The standard InChI is InChI=1S/C17H16N2O/c1-2-13-3-7-15(8-4-13)17(20)19-16-9-5-14(6-10-16)11-12-18/h3-10H,2,11H2,1H3,(H,19,20). The highest BCUT2D eigenvalue weighted by atomic mass is 16.1. The molecule has 2 rings (SSSR count). The minimum atomic E-state index is -0.124. The number of nitrogens with one attached hydrogen (secondary N) is 1. The highest BCUT2D eigenvalue weighted by molar-refractivity contribution is 6.04. The number of rotatable bonds is 4. The van der Waals surface area contributed by atoms with Crippen LogP contribution in [0.15, 0.2) is 48.5 Å². The lowest BCUT2D eigenvalue weighted by Gasteiger charge is -2.06. The van der Waals surface area contributed by atoms with Crippen LogP contribution < -0.4 is 5.32 Å². The number of nitriles is 1. The molecule has 20 heavy (non-hydrogen) atoms. The van der Waals surface area contributed by atoms with Crippen molar-refractivity contribution in [1.29, 1.82) is 5.26 Å². The van der Waals surface area contributed by atoms with E-state index < -0.39 is 0 Å². The highest BCUT2D eigenvalue weighted by Gasteiger charge is 2.05. The van der Waals surface area contributed by atoms with Gasteiger partial charge >= 0.3 is 0 Å². The molecule has 0 spiro atoms. The summed E-state index contributed by atoms with van der Waals surface area (Å²) in [5.41, 5.74) is 3.53. The van der Waals surface area contributed by atoms with Gasteiger partial charge in [0.15, 0.2) is 0 Å². The van der Waals surface area contributed by atoms with Gasteiger partial charge in [-0.25, -0.2) is 0 Å². The molecule has 0 aromatic heterocycles. The molecule has 2 aromatic carbocycles. The molecule has 3 nitrogen and oxygen atoms in total. The number of aryl methyl sites for hydroxylation is 1. The van der Waals surface area contributed by atoms with Crippen molar-refractivity contribution in [3.8, 4) is 6.07 Å². The van der Waals surface area contributed by atoms with Crippen LogP contribution in [0.4, 0.5) is 5.69 Å². The molecule has 1 N–H and O–H groups in total. The van der Waals surface area contributed by atoms with Crippen LogP contribution in [0.25, 0.3) is 0 Å². The Kier molecular flexibility index (Phi) is 4.52. The molecular weight excluding hydrogens is 248 g/mol. The van der Waals surface area contributed by atoms with Gasteiger partial charge in [0.1, 0.15) is 0 Å². The summed E-state index contributed by atoms with van der Waals surface area (Å²) in [4.78, 5) is 12.1. The van der Waals surface area contributed by atoms with E-state index in [2.05, 4.69) is 18.3 Å². The lowest BCUT2D eigenvalue weighted by molar-refractivity contribution is 0.102. The fraction of sp³-hybridized carbons (Fsp3) is 0.176. The minimum Gasteiger partial charge on any atom is -0.322 e. The average molecular weight is 264 g/mol. The summed E-state index contributed by atoms with van der Waals surface area (Å²) in [5.74, 6) is -0.124. The van der Waals surface area contributed by atoms with Gasteiger partial charge in [0.05, 0.1) is 12.5 Å². The maximum atomic E-state index is 12.1. The summed E-state index contributed by atoms with van der Waals surface area (Å²) < 4.78 is 0. The average Bonchev–Trinajstić information content (AvgIpc) is 2.49. The van der Waals surface area contributed by atoms with E-state index in [4.69, 9.17) is 5.26 Å². The molecular formula is C17H16N2O. The Morgan fingerprint density at radius 3 is 2.20 bits per heavy atom. The molecule has 0 aliphatic heterocycles. The zero-order chi connectivity index (χ0) is 14.4. The Balaban J connectivity index is 2.05. The topological polar surface area (TPSA) is 52.9 Å². The number of carbonyl (C=O) groups excluding carboxylic acids is 1. The molecule has 0 heterocycles. The zero-order valence-electron chi connectivity index (χ0n) is 11.4. The number of amides is 1. The van der Waals surface area contributed by atoms with Crippen LogP contribution in [-0.2, 0) is 12.8 Å². The molecule has 3 heteroatoms. The predicted molar refractivity (Wildman–Crippen MR) is 79.5 cm³/mol. The minimum absolute atomic E-state index is 0.124. The van der Waals surface area contributed by atoms with E-state index in [1.807, 2.05) is 48.5 Å². The second-order valence-electron chi connectivity index (χ2n) is 4.54. The van der Waals surface area contributed by atoms with Gasteiger partial charge in [0.2, 0.25) is 0 Å². The number of carbonyl (C=O) groups is 1. The predicted octanol–water partition coefficient (Wildman–Crippen LogP) is 3.57. The summed E-state index contributed by atoms with van der Waals surface area (Å²) in [6.07, 6.45) is 1.34. The molecule has 0 fully saturated rings. The first-order chi connectivity index (χ1) is 9.72. The van der Waals surface area contributed by atoms with E-state index in [0.29, 0.717) is 12.0 Å². The first-order valence-electron chi connectivity index (χ1n) is 6.59. The maximum absolute atomic E-state index is 12.1. The maximum Gasteiger partial charge on any atom is 0.255 e. The van der Waals surface area contributed by atoms with Crippen molar-refractivity contribution in [2.24, 2.45) is 0 Å². The third-order valence-electron chi connectivity index (χ3n) is 3.12. The van der Waals surface area contributed by atoms with Crippen LogP contribution >= 0.6 is 0 Å². The number of anilines is 1. The molecule has 100 valence electrons. The molecule has 0 saturated carbocycles.